The SMILES string of the molecule is COc1ccccc1[C@H](NC(=O)Cc1cc(C)[nH]n1)c1noc(C)n1. The van der Waals surface area contributed by atoms with E-state index in [0.29, 0.717) is 23.2 Å². The van der Waals surface area contributed by atoms with Gasteiger partial charge in [0, 0.05) is 18.2 Å². The number of methoxy groups -OCH3 is 1. The largest absolute Gasteiger partial charge is 0.496 e. The third-order valence-electron chi connectivity index (χ3n) is 3.66. The normalized spacial score (nSPS) is 12.0. The molecule has 1 amide bonds. The zero-order chi connectivity index (χ0) is 17.8. The summed E-state index contributed by atoms with van der Waals surface area (Å²) in [5.74, 6) is 1.22. The lowest BCUT2D eigenvalue weighted by molar-refractivity contribution is -0.121. The predicted molar refractivity (Wildman–Crippen MR) is 89.0 cm³/mol. The van der Waals surface area contributed by atoms with Crippen LogP contribution in [-0.4, -0.2) is 33.4 Å². The minimum atomic E-state index is -0.582. The average Bonchev–Trinajstić information content (AvgIpc) is 3.21. The van der Waals surface area contributed by atoms with Gasteiger partial charge in [0.25, 0.3) is 0 Å². The number of aromatic amines is 1. The van der Waals surface area contributed by atoms with Gasteiger partial charge in [0.2, 0.25) is 11.8 Å². The van der Waals surface area contributed by atoms with Gasteiger partial charge in [-0.25, -0.2) is 0 Å². The van der Waals surface area contributed by atoms with Crippen molar-refractivity contribution in [3.63, 3.8) is 0 Å². The highest BCUT2D eigenvalue weighted by Crippen LogP contribution is 2.28. The van der Waals surface area contributed by atoms with E-state index in [1.165, 1.54) is 0 Å². The molecule has 0 aliphatic heterocycles. The molecule has 25 heavy (non-hydrogen) atoms. The van der Waals surface area contributed by atoms with Gasteiger partial charge < -0.3 is 14.6 Å². The molecule has 3 rings (SSSR count). The fourth-order valence-corrected chi connectivity index (χ4v) is 2.56. The zero-order valence-electron chi connectivity index (χ0n) is 14.2. The Morgan fingerprint density at radius 1 is 1.36 bits per heavy atom. The summed E-state index contributed by atoms with van der Waals surface area (Å²) in [7, 11) is 1.58. The monoisotopic (exact) mass is 341 g/mol. The maximum absolute atomic E-state index is 12.5. The van der Waals surface area contributed by atoms with Crippen molar-refractivity contribution >= 4 is 5.91 Å². The standard InChI is InChI=1S/C17H19N5O3/c1-10-8-12(21-20-10)9-15(23)19-16(17-18-11(2)25-22-17)13-6-4-5-7-14(13)24-3/h4-8,16H,9H2,1-3H3,(H,19,23)(H,20,21)/t16-/m0/s1. The summed E-state index contributed by atoms with van der Waals surface area (Å²) in [5, 5.41) is 13.8. The van der Waals surface area contributed by atoms with Crippen LogP contribution in [0.1, 0.15) is 34.7 Å². The lowest BCUT2D eigenvalue weighted by Crippen LogP contribution is -2.31. The van der Waals surface area contributed by atoms with Crippen molar-refractivity contribution in [2.45, 2.75) is 26.3 Å². The second-order valence-electron chi connectivity index (χ2n) is 5.63. The molecule has 0 aliphatic rings. The summed E-state index contributed by atoms with van der Waals surface area (Å²) in [6.07, 6.45) is 0.146. The van der Waals surface area contributed by atoms with Crippen molar-refractivity contribution in [2.24, 2.45) is 0 Å². The Labute approximate surface area is 144 Å². The summed E-state index contributed by atoms with van der Waals surface area (Å²) >= 11 is 0. The van der Waals surface area contributed by atoms with E-state index in [2.05, 4.69) is 25.7 Å². The molecule has 8 nitrogen and oxygen atoms in total. The number of hydrogen-bond acceptors (Lipinski definition) is 6. The maximum atomic E-state index is 12.5. The third kappa shape index (κ3) is 3.85. The molecule has 0 aliphatic carbocycles. The van der Waals surface area contributed by atoms with Crippen LogP contribution < -0.4 is 10.1 Å². The van der Waals surface area contributed by atoms with Gasteiger partial charge in [-0.15, -0.1) is 0 Å². The molecule has 2 aromatic heterocycles. The van der Waals surface area contributed by atoms with Gasteiger partial charge in [-0.3, -0.25) is 9.89 Å². The number of aromatic nitrogens is 4. The fourth-order valence-electron chi connectivity index (χ4n) is 2.56. The number of ether oxygens (including phenoxy) is 1. The van der Waals surface area contributed by atoms with Crippen LogP contribution in [0.2, 0.25) is 0 Å². The molecule has 0 saturated heterocycles. The summed E-state index contributed by atoms with van der Waals surface area (Å²) in [4.78, 5) is 16.8. The summed E-state index contributed by atoms with van der Waals surface area (Å²) in [6.45, 7) is 3.58. The van der Waals surface area contributed by atoms with Crippen LogP contribution in [0.15, 0.2) is 34.9 Å². The van der Waals surface area contributed by atoms with Crippen molar-refractivity contribution < 1.29 is 14.1 Å². The van der Waals surface area contributed by atoms with Crippen molar-refractivity contribution in [3.05, 3.63) is 59.0 Å². The molecule has 0 radical (unpaired) electrons. The number of benzene rings is 1. The molecule has 0 saturated carbocycles. The number of carbonyl (C=O) groups is 1. The molecule has 2 heterocycles. The molecule has 8 heteroatoms. The minimum absolute atomic E-state index is 0.146. The highest BCUT2D eigenvalue weighted by atomic mass is 16.5. The number of carbonyl (C=O) groups excluding carboxylic acids is 1. The molecule has 3 aromatic rings. The van der Waals surface area contributed by atoms with Gasteiger partial charge in [-0.05, 0) is 19.1 Å². The van der Waals surface area contributed by atoms with E-state index in [-0.39, 0.29) is 12.3 Å². The average molecular weight is 341 g/mol. The van der Waals surface area contributed by atoms with Crippen molar-refractivity contribution in [1.29, 1.82) is 0 Å². The first-order valence-corrected chi connectivity index (χ1v) is 7.80. The van der Waals surface area contributed by atoms with E-state index in [0.717, 1.165) is 11.3 Å². The second-order valence-corrected chi connectivity index (χ2v) is 5.63. The van der Waals surface area contributed by atoms with Crippen LogP contribution in [0.4, 0.5) is 0 Å². The molecule has 1 atom stereocenters. The highest BCUT2D eigenvalue weighted by Gasteiger charge is 2.25. The molecular formula is C17H19N5O3. The van der Waals surface area contributed by atoms with Crippen LogP contribution in [0.3, 0.4) is 0 Å². The molecule has 130 valence electrons. The van der Waals surface area contributed by atoms with Gasteiger partial charge in [-0.2, -0.15) is 10.1 Å². The Morgan fingerprint density at radius 3 is 2.80 bits per heavy atom. The number of hydrogen-bond donors (Lipinski definition) is 2. The first kappa shape index (κ1) is 16.7. The molecule has 1 aromatic carbocycles. The summed E-state index contributed by atoms with van der Waals surface area (Å²) in [6, 6.07) is 8.64. The van der Waals surface area contributed by atoms with Gasteiger partial charge >= 0.3 is 0 Å². The molecule has 0 spiro atoms. The minimum Gasteiger partial charge on any atom is -0.496 e. The smallest absolute Gasteiger partial charge is 0.226 e. The first-order chi connectivity index (χ1) is 12.1. The highest BCUT2D eigenvalue weighted by molar-refractivity contribution is 5.79. The van der Waals surface area contributed by atoms with Crippen LogP contribution in [0.5, 0.6) is 5.75 Å². The van der Waals surface area contributed by atoms with Gasteiger partial charge in [0.05, 0.1) is 19.2 Å². The molecular weight excluding hydrogens is 322 g/mol. The Morgan fingerprint density at radius 2 is 2.16 bits per heavy atom. The predicted octanol–water partition coefficient (Wildman–Crippen LogP) is 1.87. The second kappa shape index (κ2) is 7.16. The third-order valence-corrected chi connectivity index (χ3v) is 3.66. The number of para-hydroxylation sites is 1. The molecule has 0 fully saturated rings. The van der Waals surface area contributed by atoms with Crippen LogP contribution in [0.25, 0.3) is 0 Å². The number of amides is 1. The number of nitrogens with one attached hydrogen (secondary N) is 2. The quantitative estimate of drug-likeness (QED) is 0.709. The Balaban J connectivity index is 1.87. The molecule has 0 bridgehead atoms. The molecule has 2 N–H and O–H groups in total. The van der Waals surface area contributed by atoms with Crippen molar-refractivity contribution in [2.75, 3.05) is 7.11 Å². The summed E-state index contributed by atoms with van der Waals surface area (Å²) in [5.41, 5.74) is 2.31. The van der Waals surface area contributed by atoms with Gasteiger partial charge in [-0.1, -0.05) is 23.4 Å². The maximum Gasteiger partial charge on any atom is 0.226 e. The van der Waals surface area contributed by atoms with Crippen LogP contribution in [-0.2, 0) is 11.2 Å². The topological polar surface area (TPSA) is 106 Å². The number of aryl methyl sites for hydroxylation is 2. The number of H-pyrrole nitrogens is 1. The Bertz CT molecular complexity index is 871. The van der Waals surface area contributed by atoms with Crippen molar-refractivity contribution in [1.82, 2.24) is 25.7 Å². The number of nitrogens with zero attached hydrogens (tertiary/aromatic N) is 3. The van der Waals surface area contributed by atoms with E-state index in [9.17, 15) is 4.79 Å². The lowest BCUT2D eigenvalue weighted by Gasteiger charge is -2.18. The fraction of sp³-hybridized carbons (Fsp3) is 0.294. The van der Waals surface area contributed by atoms with E-state index in [1.807, 2.05) is 37.3 Å². The van der Waals surface area contributed by atoms with E-state index in [1.54, 1.807) is 14.0 Å². The van der Waals surface area contributed by atoms with E-state index < -0.39 is 6.04 Å². The van der Waals surface area contributed by atoms with Gasteiger partial charge in [0.15, 0.2) is 5.82 Å². The van der Waals surface area contributed by atoms with E-state index >= 15 is 0 Å². The molecule has 0 unspecified atom stereocenters. The number of rotatable bonds is 6. The zero-order valence-corrected chi connectivity index (χ0v) is 14.2. The van der Waals surface area contributed by atoms with Crippen molar-refractivity contribution in [3.8, 4) is 5.75 Å². The van der Waals surface area contributed by atoms with Crippen LogP contribution in [0, 0.1) is 13.8 Å². The summed E-state index contributed by atoms with van der Waals surface area (Å²) < 4.78 is 10.5. The van der Waals surface area contributed by atoms with E-state index in [4.69, 9.17) is 9.26 Å². The Hall–Kier alpha value is -3.16. The first-order valence-electron chi connectivity index (χ1n) is 7.80. The Kier molecular flexibility index (Phi) is 4.78. The van der Waals surface area contributed by atoms with Crippen LogP contribution >= 0.6 is 0 Å². The van der Waals surface area contributed by atoms with Gasteiger partial charge in [0.1, 0.15) is 11.8 Å². The lowest BCUT2D eigenvalue weighted by atomic mass is 10.0.